The van der Waals surface area contributed by atoms with Crippen LogP contribution in [0.3, 0.4) is 0 Å². The Labute approximate surface area is 176 Å². The maximum absolute atomic E-state index is 12.3. The number of Topliss-reactive ketones (excluding diaryl/α,β-unsaturated/α-hetero) is 1. The lowest BCUT2D eigenvalue weighted by molar-refractivity contribution is -0.133. The predicted molar refractivity (Wildman–Crippen MR) is 114 cm³/mol. The monoisotopic (exact) mass is 434 g/mol. The van der Waals surface area contributed by atoms with Gasteiger partial charge in [-0.05, 0) is 32.6 Å². The van der Waals surface area contributed by atoms with E-state index in [2.05, 4.69) is 5.32 Å². The van der Waals surface area contributed by atoms with Gasteiger partial charge in [0.2, 0.25) is 11.8 Å². The number of ketones is 1. The van der Waals surface area contributed by atoms with Crippen molar-refractivity contribution in [1.29, 1.82) is 0 Å². The fourth-order valence-corrected chi connectivity index (χ4v) is 5.07. The molecule has 162 valence electrons. The molecule has 1 rings (SSSR count). The Hall–Kier alpha value is -0.770. The maximum Gasteiger partial charge on any atom is 0.223 e. The molecule has 2 amide bonds. The highest BCUT2D eigenvalue weighted by Crippen LogP contribution is 2.23. The van der Waals surface area contributed by atoms with Gasteiger partial charge in [-0.3, -0.25) is 9.59 Å². The largest absolute Gasteiger partial charge is 0.391 e. The number of methoxy groups -OCH3 is 1. The third kappa shape index (κ3) is 11.3. The van der Waals surface area contributed by atoms with Crippen molar-refractivity contribution < 1.29 is 24.2 Å². The molecule has 2 N–H and O–H groups in total. The molecule has 0 spiro atoms. The van der Waals surface area contributed by atoms with Gasteiger partial charge >= 0.3 is 0 Å². The third-order valence-corrected chi connectivity index (χ3v) is 6.96. The third-order valence-electron chi connectivity index (χ3n) is 4.46. The SMILES string of the molecule is COC[C@@H]1C[C@H](O)CN1C(=O)CCCSSCCNC(=O)CCCCC(C)=O. The van der Waals surface area contributed by atoms with Crippen molar-refractivity contribution in [3.8, 4) is 0 Å². The predicted octanol–water partition coefficient (Wildman–Crippen LogP) is 2.02. The molecule has 9 heteroatoms. The number of aliphatic hydroxyl groups is 1. The van der Waals surface area contributed by atoms with Crippen molar-refractivity contribution in [1.82, 2.24) is 10.2 Å². The van der Waals surface area contributed by atoms with Crippen LogP contribution in [-0.4, -0.2) is 78.1 Å². The molecule has 0 aliphatic carbocycles. The van der Waals surface area contributed by atoms with E-state index in [1.807, 2.05) is 0 Å². The zero-order chi connectivity index (χ0) is 20.8. The molecule has 1 saturated heterocycles. The molecule has 0 unspecified atom stereocenters. The number of rotatable bonds is 15. The maximum atomic E-state index is 12.3. The molecule has 1 aliphatic heterocycles. The van der Waals surface area contributed by atoms with Gasteiger partial charge in [-0.25, -0.2) is 0 Å². The average Bonchev–Trinajstić information content (AvgIpc) is 3.01. The summed E-state index contributed by atoms with van der Waals surface area (Å²) in [7, 11) is 5.01. The van der Waals surface area contributed by atoms with Gasteiger partial charge in [-0.2, -0.15) is 0 Å². The normalized spacial score (nSPS) is 19.0. The Balaban J connectivity index is 1.98. The summed E-state index contributed by atoms with van der Waals surface area (Å²) < 4.78 is 5.13. The first kappa shape index (κ1) is 25.3. The van der Waals surface area contributed by atoms with Crippen LogP contribution >= 0.6 is 21.6 Å². The van der Waals surface area contributed by atoms with E-state index in [0.29, 0.717) is 45.4 Å². The second-order valence-corrected chi connectivity index (χ2v) is 9.75. The number of unbranched alkanes of at least 4 members (excludes halogenated alkanes) is 1. The summed E-state index contributed by atoms with van der Waals surface area (Å²) >= 11 is 0. The Bertz CT molecular complexity index is 493. The van der Waals surface area contributed by atoms with E-state index in [9.17, 15) is 19.5 Å². The summed E-state index contributed by atoms with van der Waals surface area (Å²) in [6.45, 7) is 3.07. The Morgan fingerprint density at radius 2 is 1.82 bits per heavy atom. The lowest BCUT2D eigenvalue weighted by atomic mass is 10.1. The minimum atomic E-state index is -0.446. The minimum absolute atomic E-state index is 0.0133. The molecule has 1 heterocycles. The number of aliphatic hydroxyl groups excluding tert-OH is 1. The fourth-order valence-electron chi connectivity index (χ4n) is 3.07. The Kier molecular flexibility index (Phi) is 13.6. The van der Waals surface area contributed by atoms with E-state index in [1.165, 1.54) is 0 Å². The van der Waals surface area contributed by atoms with Crippen molar-refractivity contribution in [3.63, 3.8) is 0 Å². The molecule has 7 nitrogen and oxygen atoms in total. The first-order chi connectivity index (χ1) is 13.4. The summed E-state index contributed by atoms with van der Waals surface area (Å²) in [4.78, 5) is 36.5. The van der Waals surface area contributed by atoms with Crippen LogP contribution in [0.4, 0.5) is 0 Å². The molecule has 2 atom stereocenters. The smallest absolute Gasteiger partial charge is 0.223 e. The van der Waals surface area contributed by atoms with Crippen LogP contribution < -0.4 is 5.32 Å². The lowest BCUT2D eigenvalue weighted by Gasteiger charge is -2.23. The highest BCUT2D eigenvalue weighted by molar-refractivity contribution is 8.76. The van der Waals surface area contributed by atoms with Crippen LogP contribution in [0.25, 0.3) is 0 Å². The number of carbonyl (C=O) groups is 3. The van der Waals surface area contributed by atoms with Crippen LogP contribution in [0.5, 0.6) is 0 Å². The van der Waals surface area contributed by atoms with Gasteiger partial charge in [0.15, 0.2) is 0 Å². The average molecular weight is 435 g/mol. The zero-order valence-electron chi connectivity index (χ0n) is 17.0. The molecular formula is C19H34N2O5S2. The van der Waals surface area contributed by atoms with Crippen LogP contribution in [0, 0.1) is 0 Å². The molecule has 28 heavy (non-hydrogen) atoms. The van der Waals surface area contributed by atoms with Gasteiger partial charge in [0.05, 0.1) is 18.8 Å². The summed E-state index contributed by atoms with van der Waals surface area (Å²) in [6.07, 6.45) is 3.97. The van der Waals surface area contributed by atoms with Crippen LogP contribution in [0.2, 0.25) is 0 Å². The number of likely N-dealkylation sites (tertiary alicyclic amines) is 1. The Morgan fingerprint density at radius 3 is 2.54 bits per heavy atom. The van der Waals surface area contributed by atoms with E-state index in [4.69, 9.17) is 4.74 Å². The van der Waals surface area contributed by atoms with E-state index < -0.39 is 6.10 Å². The molecule has 0 radical (unpaired) electrons. The highest BCUT2D eigenvalue weighted by atomic mass is 33.1. The molecule has 0 aromatic heterocycles. The van der Waals surface area contributed by atoms with Crippen molar-refractivity contribution in [3.05, 3.63) is 0 Å². The second-order valence-electron chi connectivity index (χ2n) is 7.05. The van der Waals surface area contributed by atoms with Crippen LogP contribution in [-0.2, 0) is 19.1 Å². The van der Waals surface area contributed by atoms with Gasteiger partial charge < -0.3 is 24.9 Å². The summed E-state index contributed by atoms with van der Waals surface area (Å²) in [5.41, 5.74) is 0. The quantitative estimate of drug-likeness (QED) is 0.301. The van der Waals surface area contributed by atoms with Crippen molar-refractivity contribution in [2.45, 2.75) is 64.0 Å². The van der Waals surface area contributed by atoms with Gasteiger partial charge in [-0.15, -0.1) is 0 Å². The molecule has 0 aromatic carbocycles. The van der Waals surface area contributed by atoms with Gasteiger partial charge in [0, 0.05) is 51.0 Å². The number of hydrogen-bond donors (Lipinski definition) is 2. The lowest BCUT2D eigenvalue weighted by Crippen LogP contribution is -2.38. The molecule has 1 aliphatic rings. The molecular weight excluding hydrogens is 400 g/mol. The van der Waals surface area contributed by atoms with Crippen molar-refractivity contribution in [2.24, 2.45) is 0 Å². The van der Waals surface area contributed by atoms with E-state index in [1.54, 1.807) is 40.5 Å². The topological polar surface area (TPSA) is 95.9 Å². The molecule has 0 aromatic rings. The number of ether oxygens (including phenoxy) is 1. The summed E-state index contributed by atoms with van der Waals surface area (Å²) in [6, 6.07) is -0.0133. The second kappa shape index (κ2) is 15.1. The van der Waals surface area contributed by atoms with E-state index >= 15 is 0 Å². The van der Waals surface area contributed by atoms with Gasteiger partial charge in [0.25, 0.3) is 0 Å². The first-order valence-electron chi connectivity index (χ1n) is 9.91. The number of β-amino-alcohol motifs (C(OH)–C–C–N with tert-alkyl or cyclic N) is 1. The standard InChI is InChI=1S/C19H34N2O5S2/c1-15(22)6-3-4-7-18(24)20-9-11-28-27-10-5-8-19(25)21-13-17(23)12-16(21)14-26-2/h16-17,23H,3-14H2,1-2H3,(H,20,24)/t16-,17-/m0/s1. The molecule has 1 fully saturated rings. The van der Waals surface area contributed by atoms with Gasteiger partial charge in [0.1, 0.15) is 5.78 Å². The number of hydrogen-bond acceptors (Lipinski definition) is 7. The van der Waals surface area contributed by atoms with Crippen molar-refractivity contribution in [2.75, 3.05) is 38.3 Å². The fraction of sp³-hybridized carbons (Fsp3) is 0.842. The minimum Gasteiger partial charge on any atom is -0.391 e. The van der Waals surface area contributed by atoms with Crippen LogP contribution in [0.1, 0.15) is 51.9 Å². The Morgan fingerprint density at radius 1 is 1.11 bits per heavy atom. The van der Waals surface area contributed by atoms with Gasteiger partial charge in [-0.1, -0.05) is 21.6 Å². The number of amides is 2. The number of nitrogens with one attached hydrogen (secondary N) is 1. The van der Waals surface area contributed by atoms with Crippen LogP contribution in [0.15, 0.2) is 0 Å². The molecule has 0 bridgehead atoms. The van der Waals surface area contributed by atoms with Crippen molar-refractivity contribution >= 4 is 39.2 Å². The number of nitrogens with zero attached hydrogens (tertiary/aromatic N) is 1. The molecule has 0 saturated carbocycles. The summed E-state index contributed by atoms with van der Waals surface area (Å²) in [5, 5.41) is 12.6. The zero-order valence-corrected chi connectivity index (χ0v) is 18.6. The van der Waals surface area contributed by atoms with E-state index in [0.717, 1.165) is 30.8 Å². The first-order valence-corrected chi connectivity index (χ1v) is 12.4. The number of carbonyl (C=O) groups excluding carboxylic acids is 3. The summed E-state index contributed by atoms with van der Waals surface area (Å²) in [5.74, 6) is 2.00. The van der Waals surface area contributed by atoms with E-state index in [-0.39, 0.29) is 23.6 Å². The highest BCUT2D eigenvalue weighted by Gasteiger charge is 2.33.